The number of aromatic carboxylic acids is 1. The molecule has 1 aromatic heterocycles. The van der Waals surface area contributed by atoms with Crippen molar-refractivity contribution in [3.8, 4) is 5.75 Å². The summed E-state index contributed by atoms with van der Waals surface area (Å²) in [4.78, 5) is 15.5. The predicted molar refractivity (Wildman–Crippen MR) is 109 cm³/mol. The van der Waals surface area contributed by atoms with E-state index >= 15 is 0 Å². The van der Waals surface area contributed by atoms with Crippen LogP contribution >= 0.6 is 0 Å². The first-order chi connectivity index (χ1) is 14.9. The average Bonchev–Trinajstić information content (AvgIpc) is 3.25. The van der Waals surface area contributed by atoms with E-state index in [-0.39, 0.29) is 12.3 Å². The Bertz CT molecular complexity index is 1190. The average molecular weight is 425 g/mol. The van der Waals surface area contributed by atoms with Crippen LogP contribution in [0.3, 0.4) is 0 Å². The second-order valence-electron chi connectivity index (χ2n) is 7.20. The smallest absolute Gasteiger partial charge is 0.354 e. The van der Waals surface area contributed by atoms with Crippen LogP contribution in [0, 0.1) is 17.5 Å². The van der Waals surface area contributed by atoms with Crippen LogP contribution in [0.5, 0.6) is 5.75 Å². The minimum absolute atomic E-state index is 0.0226. The molecule has 0 bridgehead atoms. The molecule has 0 saturated carbocycles. The second-order valence-corrected chi connectivity index (χ2v) is 7.20. The number of rotatable bonds is 6. The first-order valence-corrected chi connectivity index (χ1v) is 9.72. The zero-order chi connectivity index (χ0) is 22.0. The summed E-state index contributed by atoms with van der Waals surface area (Å²) in [6, 6.07) is 12.4. The Balaban J connectivity index is 1.70. The summed E-state index contributed by atoms with van der Waals surface area (Å²) in [7, 11) is 0. The van der Waals surface area contributed by atoms with Crippen LogP contribution in [0.4, 0.5) is 13.2 Å². The summed E-state index contributed by atoms with van der Waals surface area (Å²) < 4.78 is 46.6. The Morgan fingerprint density at radius 1 is 0.968 bits per heavy atom. The zero-order valence-electron chi connectivity index (χ0n) is 16.4. The number of carboxylic acid groups (broad SMARTS) is 1. The third-order valence-corrected chi connectivity index (χ3v) is 5.14. The van der Waals surface area contributed by atoms with Crippen molar-refractivity contribution in [2.24, 2.45) is 0 Å². The molecule has 0 radical (unpaired) electrons. The zero-order valence-corrected chi connectivity index (χ0v) is 16.4. The van der Waals surface area contributed by atoms with Gasteiger partial charge in [-0.15, -0.1) is 0 Å². The van der Waals surface area contributed by atoms with Crippen LogP contribution in [0.25, 0.3) is 11.1 Å². The third kappa shape index (κ3) is 4.45. The van der Waals surface area contributed by atoms with Crippen molar-refractivity contribution in [1.82, 2.24) is 4.98 Å². The van der Waals surface area contributed by atoms with Crippen LogP contribution < -0.4 is 4.74 Å². The number of pyridine rings is 1. The van der Waals surface area contributed by atoms with E-state index in [0.29, 0.717) is 35.4 Å². The topological polar surface area (TPSA) is 59.4 Å². The van der Waals surface area contributed by atoms with Gasteiger partial charge in [-0.2, -0.15) is 0 Å². The number of benzene rings is 2. The van der Waals surface area contributed by atoms with Crippen LogP contribution in [-0.4, -0.2) is 16.1 Å². The van der Waals surface area contributed by atoms with E-state index in [9.17, 15) is 23.1 Å². The van der Waals surface area contributed by atoms with E-state index in [4.69, 9.17) is 4.74 Å². The largest absolute Gasteiger partial charge is 0.488 e. The molecule has 0 unspecified atom stereocenters. The van der Waals surface area contributed by atoms with E-state index in [1.807, 2.05) is 0 Å². The van der Waals surface area contributed by atoms with E-state index < -0.39 is 23.4 Å². The van der Waals surface area contributed by atoms with E-state index in [2.05, 4.69) is 4.98 Å². The molecule has 7 heteroatoms. The highest BCUT2D eigenvalue weighted by molar-refractivity contribution is 5.94. The maximum atomic E-state index is 14.1. The van der Waals surface area contributed by atoms with Crippen molar-refractivity contribution in [2.75, 3.05) is 0 Å². The highest BCUT2D eigenvalue weighted by atomic mass is 19.2. The lowest BCUT2D eigenvalue weighted by Gasteiger charge is -2.15. The standard InChI is InChI=1S/C24H18F3NO3/c25-15-8-10-23(31-13-14-7-9-19(26)20(27)11-14)18(12-15)16-3-1-4-17(16)21-5-2-6-22(28-21)24(29)30/h2,5-12H,1,3-4,13H2,(H,29,30). The molecule has 0 aliphatic heterocycles. The number of ether oxygens (including phenoxy) is 1. The molecule has 1 aliphatic carbocycles. The normalized spacial score (nSPS) is 13.5. The van der Waals surface area contributed by atoms with Crippen molar-refractivity contribution in [3.63, 3.8) is 0 Å². The molecule has 158 valence electrons. The lowest BCUT2D eigenvalue weighted by atomic mass is 9.98. The van der Waals surface area contributed by atoms with Gasteiger partial charge in [0, 0.05) is 5.56 Å². The molecule has 0 saturated heterocycles. The molecule has 2 aromatic carbocycles. The molecule has 0 spiro atoms. The summed E-state index contributed by atoms with van der Waals surface area (Å²) in [6.45, 7) is -0.0226. The molecule has 0 atom stereocenters. The lowest BCUT2D eigenvalue weighted by molar-refractivity contribution is 0.0690. The SMILES string of the molecule is O=C(O)c1cccc(C2=C(c3cc(F)ccc3OCc3ccc(F)c(F)c3)CCC2)n1. The number of carboxylic acids is 1. The summed E-state index contributed by atoms with van der Waals surface area (Å²) >= 11 is 0. The summed E-state index contributed by atoms with van der Waals surface area (Å²) in [5, 5.41) is 9.23. The molecule has 3 aromatic rings. The van der Waals surface area contributed by atoms with Gasteiger partial charge in [-0.25, -0.2) is 22.9 Å². The molecule has 1 N–H and O–H groups in total. The van der Waals surface area contributed by atoms with Gasteiger partial charge in [0.05, 0.1) is 5.69 Å². The van der Waals surface area contributed by atoms with Gasteiger partial charge in [0.1, 0.15) is 23.9 Å². The molecular formula is C24H18F3NO3. The maximum absolute atomic E-state index is 14.1. The first-order valence-electron chi connectivity index (χ1n) is 9.72. The van der Waals surface area contributed by atoms with E-state index in [1.54, 1.807) is 12.1 Å². The van der Waals surface area contributed by atoms with Crippen LogP contribution in [0.2, 0.25) is 0 Å². The quantitative estimate of drug-likeness (QED) is 0.537. The number of hydrogen-bond donors (Lipinski definition) is 1. The molecule has 31 heavy (non-hydrogen) atoms. The van der Waals surface area contributed by atoms with Gasteiger partial charge in [0.25, 0.3) is 0 Å². The fourth-order valence-electron chi connectivity index (χ4n) is 3.70. The number of aromatic nitrogens is 1. The van der Waals surface area contributed by atoms with Crippen molar-refractivity contribution in [2.45, 2.75) is 25.9 Å². The van der Waals surface area contributed by atoms with Crippen LogP contribution in [-0.2, 0) is 6.61 Å². The Kier molecular flexibility index (Phi) is 5.75. The molecule has 4 nitrogen and oxygen atoms in total. The van der Waals surface area contributed by atoms with Crippen molar-refractivity contribution < 1.29 is 27.8 Å². The maximum Gasteiger partial charge on any atom is 0.354 e. The second kappa shape index (κ2) is 8.63. The van der Waals surface area contributed by atoms with Gasteiger partial charge in [0.15, 0.2) is 11.6 Å². The fourth-order valence-corrected chi connectivity index (χ4v) is 3.70. The Hall–Kier alpha value is -3.61. The number of halogens is 3. The Morgan fingerprint density at radius 2 is 1.77 bits per heavy atom. The minimum Gasteiger partial charge on any atom is -0.488 e. The first kappa shape index (κ1) is 20.7. The molecule has 1 heterocycles. The predicted octanol–water partition coefficient (Wildman–Crippen LogP) is 5.87. The number of nitrogens with zero attached hydrogens (tertiary/aromatic N) is 1. The number of carbonyl (C=O) groups is 1. The molecule has 4 rings (SSSR count). The van der Waals surface area contributed by atoms with Gasteiger partial charge >= 0.3 is 5.97 Å². The van der Waals surface area contributed by atoms with Gasteiger partial charge in [-0.05, 0) is 78.4 Å². The minimum atomic E-state index is -1.12. The molecular weight excluding hydrogens is 407 g/mol. The fraction of sp³-hybridized carbons (Fsp3) is 0.167. The number of hydrogen-bond acceptors (Lipinski definition) is 3. The van der Waals surface area contributed by atoms with E-state index in [0.717, 1.165) is 29.7 Å². The third-order valence-electron chi connectivity index (χ3n) is 5.14. The number of allylic oxidation sites excluding steroid dienone is 2. The van der Waals surface area contributed by atoms with Crippen LogP contribution in [0.15, 0.2) is 54.6 Å². The highest BCUT2D eigenvalue weighted by Crippen LogP contribution is 2.42. The van der Waals surface area contributed by atoms with Crippen LogP contribution in [0.1, 0.15) is 46.6 Å². The molecule has 0 amide bonds. The monoisotopic (exact) mass is 425 g/mol. The van der Waals surface area contributed by atoms with Gasteiger partial charge < -0.3 is 9.84 Å². The summed E-state index contributed by atoms with van der Waals surface area (Å²) in [5.74, 6) is -3.08. The summed E-state index contributed by atoms with van der Waals surface area (Å²) in [6.07, 6.45) is 2.13. The molecule has 1 aliphatic rings. The van der Waals surface area contributed by atoms with Crippen molar-refractivity contribution >= 4 is 17.1 Å². The summed E-state index contributed by atoms with van der Waals surface area (Å²) in [5.41, 5.74) is 3.11. The van der Waals surface area contributed by atoms with Gasteiger partial charge in [-0.3, -0.25) is 0 Å². The Morgan fingerprint density at radius 3 is 2.55 bits per heavy atom. The Labute approximate surface area is 176 Å². The highest BCUT2D eigenvalue weighted by Gasteiger charge is 2.22. The van der Waals surface area contributed by atoms with Gasteiger partial charge in [-0.1, -0.05) is 12.1 Å². The van der Waals surface area contributed by atoms with Crippen molar-refractivity contribution in [1.29, 1.82) is 0 Å². The van der Waals surface area contributed by atoms with Crippen molar-refractivity contribution in [3.05, 3.63) is 94.6 Å². The lowest BCUT2D eigenvalue weighted by Crippen LogP contribution is -2.03. The van der Waals surface area contributed by atoms with E-state index in [1.165, 1.54) is 30.3 Å². The molecule has 0 fully saturated rings. The van der Waals surface area contributed by atoms with Gasteiger partial charge in [0.2, 0.25) is 0 Å².